The summed E-state index contributed by atoms with van der Waals surface area (Å²) in [5.41, 5.74) is 0.990. The highest BCUT2D eigenvalue weighted by atomic mass is 32.1. The summed E-state index contributed by atoms with van der Waals surface area (Å²) in [7, 11) is 0. The van der Waals surface area contributed by atoms with Crippen molar-refractivity contribution in [3.63, 3.8) is 0 Å². The molecular weight excluding hydrogens is 254 g/mol. The Kier molecular flexibility index (Phi) is 3.75. The average Bonchev–Trinajstić information content (AvgIpc) is 2.86. The lowest BCUT2D eigenvalue weighted by molar-refractivity contribution is 0.252. The predicted molar refractivity (Wildman–Crippen MR) is 71.8 cm³/mol. The van der Waals surface area contributed by atoms with E-state index in [-0.39, 0.29) is 6.03 Å². The lowest BCUT2D eigenvalue weighted by atomic mass is 10.4. The SMILES string of the molecule is Cc1nc(C)c(CNC(=O)Nc2cccs2)s1. The Hall–Kier alpha value is -1.40. The van der Waals surface area contributed by atoms with E-state index in [1.807, 2.05) is 31.4 Å². The lowest BCUT2D eigenvalue weighted by Gasteiger charge is -2.04. The molecule has 0 bridgehead atoms. The molecule has 2 heterocycles. The van der Waals surface area contributed by atoms with Crippen LogP contribution in [0.3, 0.4) is 0 Å². The van der Waals surface area contributed by atoms with Gasteiger partial charge in [-0.15, -0.1) is 22.7 Å². The number of hydrogen-bond acceptors (Lipinski definition) is 4. The molecule has 0 fully saturated rings. The number of thiophene rings is 1. The molecule has 0 saturated heterocycles. The number of thiazole rings is 1. The molecule has 4 nitrogen and oxygen atoms in total. The van der Waals surface area contributed by atoms with Crippen molar-refractivity contribution < 1.29 is 4.79 Å². The second-order valence-corrected chi connectivity index (χ2v) is 5.76. The van der Waals surface area contributed by atoms with Crippen LogP contribution in [0, 0.1) is 13.8 Å². The first kappa shape index (κ1) is 12.1. The first-order valence-corrected chi connectivity index (χ1v) is 6.86. The van der Waals surface area contributed by atoms with E-state index in [0.717, 1.165) is 20.6 Å². The summed E-state index contributed by atoms with van der Waals surface area (Å²) < 4.78 is 0. The number of anilines is 1. The number of aryl methyl sites for hydroxylation is 2. The Morgan fingerprint density at radius 1 is 1.47 bits per heavy atom. The van der Waals surface area contributed by atoms with Crippen LogP contribution >= 0.6 is 22.7 Å². The smallest absolute Gasteiger partial charge is 0.320 e. The minimum absolute atomic E-state index is 0.182. The van der Waals surface area contributed by atoms with E-state index in [4.69, 9.17) is 0 Å². The van der Waals surface area contributed by atoms with Crippen LogP contribution in [0.25, 0.3) is 0 Å². The number of nitrogens with one attached hydrogen (secondary N) is 2. The summed E-state index contributed by atoms with van der Waals surface area (Å²) in [5, 5.41) is 9.39. The van der Waals surface area contributed by atoms with E-state index in [9.17, 15) is 4.79 Å². The van der Waals surface area contributed by atoms with Crippen molar-refractivity contribution in [1.29, 1.82) is 0 Å². The minimum Gasteiger partial charge on any atom is -0.333 e. The zero-order valence-electron chi connectivity index (χ0n) is 9.61. The van der Waals surface area contributed by atoms with Crippen LogP contribution in [0.15, 0.2) is 17.5 Å². The van der Waals surface area contributed by atoms with Gasteiger partial charge in [-0.3, -0.25) is 5.32 Å². The Morgan fingerprint density at radius 3 is 2.88 bits per heavy atom. The fourth-order valence-corrected chi connectivity index (χ4v) is 2.89. The van der Waals surface area contributed by atoms with Crippen molar-refractivity contribution in [2.24, 2.45) is 0 Å². The maximum Gasteiger partial charge on any atom is 0.320 e. The maximum atomic E-state index is 11.6. The molecule has 6 heteroatoms. The molecule has 2 N–H and O–H groups in total. The standard InChI is InChI=1S/C11H13N3OS2/c1-7-9(17-8(2)13-7)6-12-11(15)14-10-4-3-5-16-10/h3-5H,6H2,1-2H3,(H2,12,14,15). The zero-order valence-corrected chi connectivity index (χ0v) is 11.2. The molecule has 2 aromatic heterocycles. The molecule has 0 unspecified atom stereocenters. The fourth-order valence-electron chi connectivity index (χ4n) is 1.40. The number of aromatic nitrogens is 1. The summed E-state index contributed by atoms with van der Waals surface area (Å²) in [6.45, 7) is 4.44. The molecule has 90 valence electrons. The third kappa shape index (κ3) is 3.28. The highest BCUT2D eigenvalue weighted by molar-refractivity contribution is 7.14. The van der Waals surface area contributed by atoms with Crippen molar-refractivity contribution in [2.75, 3.05) is 5.32 Å². The molecule has 2 amide bonds. The quantitative estimate of drug-likeness (QED) is 0.897. The monoisotopic (exact) mass is 267 g/mol. The van der Waals surface area contributed by atoms with Gasteiger partial charge >= 0.3 is 6.03 Å². The van der Waals surface area contributed by atoms with Gasteiger partial charge in [-0.05, 0) is 31.4 Å². The Morgan fingerprint density at radius 2 is 2.29 bits per heavy atom. The van der Waals surface area contributed by atoms with Crippen molar-refractivity contribution in [2.45, 2.75) is 20.4 Å². The van der Waals surface area contributed by atoms with E-state index in [2.05, 4.69) is 15.6 Å². The van der Waals surface area contributed by atoms with Gasteiger partial charge in [0.25, 0.3) is 0 Å². The molecule has 0 aliphatic carbocycles. The third-order valence-electron chi connectivity index (χ3n) is 2.17. The summed E-state index contributed by atoms with van der Waals surface area (Å²) in [4.78, 5) is 17.0. The summed E-state index contributed by atoms with van der Waals surface area (Å²) in [6.07, 6.45) is 0. The van der Waals surface area contributed by atoms with Crippen LogP contribution in [0.2, 0.25) is 0 Å². The Labute approximate surface area is 108 Å². The molecule has 17 heavy (non-hydrogen) atoms. The van der Waals surface area contributed by atoms with E-state index < -0.39 is 0 Å². The van der Waals surface area contributed by atoms with Gasteiger partial charge in [-0.2, -0.15) is 0 Å². The molecule has 0 atom stereocenters. The van der Waals surface area contributed by atoms with E-state index >= 15 is 0 Å². The van der Waals surface area contributed by atoms with Crippen LogP contribution in [-0.2, 0) is 6.54 Å². The van der Waals surface area contributed by atoms with Gasteiger partial charge in [0.2, 0.25) is 0 Å². The molecule has 0 spiro atoms. The van der Waals surface area contributed by atoms with E-state index in [1.165, 1.54) is 11.3 Å². The van der Waals surface area contributed by atoms with Gasteiger partial charge in [-0.1, -0.05) is 0 Å². The van der Waals surface area contributed by atoms with Crippen LogP contribution in [0.1, 0.15) is 15.6 Å². The fraction of sp³-hybridized carbons (Fsp3) is 0.273. The molecule has 0 aromatic carbocycles. The number of carbonyl (C=O) groups is 1. The predicted octanol–water partition coefficient (Wildman–Crippen LogP) is 3.14. The average molecular weight is 267 g/mol. The summed E-state index contributed by atoms with van der Waals surface area (Å²) >= 11 is 3.11. The van der Waals surface area contributed by atoms with Gasteiger partial charge in [0.1, 0.15) is 0 Å². The molecule has 0 saturated carbocycles. The Balaban J connectivity index is 1.86. The maximum absolute atomic E-state index is 11.6. The van der Waals surface area contributed by atoms with Crippen LogP contribution < -0.4 is 10.6 Å². The van der Waals surface area contributed by atoms with Crippen molar-refractivity contribution in [3.05, 3.63) is 33.1 Å². The molecule has 2 rings (SSSR count). The van der Waals surface area contributed by atoms with Gasteiger partial charge in [0.15, 0.2) is 0 Å². The number of rotatable bonds is 3. The highest BCUT2D eigenvalue weighted by Crippen LogP contribution is 2.17. The van der Waals surface area contributed by atoms with Gasteiger partial charge in [0.05, 0.1) is 22.2 Å². The normalized spacial score (nSPS) is 10.2. The summed E-state index contributed by atoms with van der Waals surface area (Å²) in [5.74, 6) is 0. The topological polar surface area (TPSA) is 54.0 Å². The van der Waals surface area contributed by atoms with Crippen LogP contribution in [-0.4, -0.2) is 11.0 Å². The first-order chi connectivity index (χ1) is 8.15. The Bertz CT molecular complexity index is 505. The van der Waals surface area contributed by atoms with Crippen LogP contribution in [0.5, 0.6) is 0 Å². The lowest BCUT2D eigenvalue weighted by Crippen LogP contribution is -2.27. The second kappa shape index (κ2) is 5.29. The highest BCUT2D eigenvalue weighted by Gasteiger charge is 2.07. The minimum atomic E-state index is -0.182. The molecular formula is C11H13N3OS2. The first-order valence-electron chi connectivity index (χ1n) is 5.16. The van der Waals surface area contributed by atoms with Gasteiger partial charge in [-0.25, -0.2) is 9.78 Å². The van der Waals surface area contributed by atoms with E-state index in [1.54, 1.807) is 11.3 Å². The van der Waals surface area contributed by atoms with Crippen molar-refractivity contribution in [1.82, 2.24) is 10.3 Å². The molecule has 0 radical (unpaired) electrons. The third-order valence-corrected chi connectivity index (χ3v) is 4.03. The van der Waals surface area contributed by atoms with Crippen molar-refractivity contribution >= 4 is 33.7 Å². The largest absolute Gasteiger partial charge is 0.333 e. The number of hydrogen-bond donors (Lipinski definition) is 2. The number of urea groups is 1. The van der Waals surface area contributed by atoms with Crippen LogP contribution in [0.4, 0.5) is 9.80 Å². The molecule has 0 aliphatic rings. The number of amides is 2. The number of carbonyl (C=O) groups excluding carboxylic acids is 1. The number of nitrogens with zero attached hydrogens (tertiary/aromatic N) is 1. The molecule has 0 aliphatic heterocycles. The van der Waals surface area contributed by atoms with Crippen molar-refractivity contribution in [3.8, 4) is 0 Å². The summed E-state index contributed by atoms with van der Waals surface area (Å²) in [6, 6.07) is 3.58. The van der Waals surface area contributed by atoms with Gasteiger partial charge < -0.3 is 5.32 Å². The molecule has 2 aromatic rings. The zero-order chi connectivity index (χ0) is 12.3. The van der Waals surface area contributed by atoms with E-state index in [0.29, 0.717) is 6.54 Å². The second-order valence-electron chi connectivity index (χ2n) is 3.53. The van der Waals surface area contributed by atoms with Gasteiger partial charge in [0, 0.05) is 4.88 Å².